The van der Waals surface area contributed by atoms with Crippen molar-refractivity contribution in [3.05, 3.63) is 89.7 Å². The minimum absolute atomic E-state index is 0.123. The Morgan fingerprint density at radius 3 is 2.48 bits per heavy atom. The fourth-order valence-corrected chi connectivity index (χ4v) is 3.31. The van der Waals surface area contributed by atoms with E-state index in [1.54, 1.807) is 24.5 Å². The molecule has 0 aliphatic carbocycles. The molecule has 3 aromatic rings. The minimum Gasteiger partial charge on any atom is -0.491 e. The van der Waals surface area contributed by atoms with E-state index in [0.29, 0.717) is 25.3 Å². The van der Waals surface area contributed by atoms with Crippen molar-refractivity contribution in [1.29, 1.82) is 0 Å². The van der Waals surface area contributed by atoms with Gasteiger partial charge < -0.3 is 19.5 Å². The number of hydrogen-bond donors (Lipinski definition) is 1. The maximum atomic E-state index is 12.4. The maximum absolute atomic E-state index is 12.4. The van der Waals surface area contributed by atoms with Crippen LogP contribution >= 0.6 is 0 Å². The number of ether oxygens (including phenoxy) is 3. The third-order valence-corrected chi connectivity index (χ3v) is 5.08. The Kier molecular flexibility index (Phi) is 7.13. The summed E-state index contributed by atoms with van der Waals surface area (Å²) in [6.07, 6.45) is 5.83. The van der Waals surface area contributed by atoms with Gasteiger partial charge >= 0.3 is 0 Å². The van der Waals surface area contributed by atoms with E-state index in [2.05, 4.69) is 10.3 Å². The van der Waals surface area contributed by atoms with Crippen molar-refractivity contribution in [1.82, 2.24) is 10.3 Å². The highest BCUT2D eigenvalue weighted by atomic mass is 16.5. The Bertz CT molecular complexity index is 953. The average molecular weight is 418 g/mol. The summed E-state index contributed by atoms with van der Waals surface area (Å²) in [6, 6.07) is 18.7. The molecule has 1 N–H and O–H groups in total. The number of benzene rings is 2. The minimum atomic E-state index is -0.123. The number of nitrogens with one attached hydrogen (secondary N) is 1. The average Bonchev–Trinajstić information content (AvgIpc) is 3.35. The standard InChI is InChI=1S/C25H26N2O4/c28-25(21-7-11-23(12-8-21)31-18-24-4-2-14-29-24)27-16-19-5-9-22(10-6-19)30-17-20-3-1-13-26-15-20/h1,3,5-13,15,24H,2,4,14,16-18H2,(H,27,28). The summed E-state index contributed by atoms with van der Waals surface area (Å²) in [5.41, 5.74) is 2.61. The Labute approximate surface area is 182 Å². The molecule has 2 heterocycles. The molecular weight excluding hydrogens is 392 g/mol. The second-order valence-electron chi connectivity index (χ2n) is 7.45. The lowest BCUT2D eigenvalue weighted by Crippen LogP contribution is -2.22. The van der Waals surface area contributed by atoms with Gasteiger partial charge in [-0.2, -0.15) is 0 Å². The van der Waals surface area contributed by atoms with Gasteiger partial charge in [0.2, 0.25) is 0 Å². The van der Waals surface area contributed by atoms with E-state index in [9.17, 15) is 4.79 Å². The van der Waals surface area contributed by atoms with Gasteiger partial charge in [0.15, 0.2) is 0 Å². The molecule has 1 aromatic heterocycles. The molecule has 1 unspecified atom stereocenters. The van der Waals surface area contributed by atoms with Crippen molar-refractivity contribution in [2.45, 2.75) is 32.1 Å². The molecule has 1 saturated heterocycles. The van der Waals surface area contributed by atoms with Gasteiger partial charge in [-0.25, -0.2) is 0 Å². The second-order valence-corrected chi connectivity index (χ2v) is 7.45. The molecule has 160 valence electrons. The topological polar surface area (TPSA) is 69.7 Å². The van der Waals surface area contributed by atoms with Crippen LogP contribution in [0, 0.1) is 0 Å². The van der Waals surface area contributed by atoms with Crippen molar-refractivity contribution < 1.29 is 19.0 Å². The van der Waals surface area contributed by atoms with Crippen LogP contribution in [-0.2, 0) is 17.9 Å². The van der Waals surface area contributed by atoms with E-state index in [4.69, 9.17) is 14.2 Å². The third kappa shape index (κ3) is 6.30. The van der Waals surface area contributed by atoms with Crippen LogP contribution < -0.4 is 14.8 Å². The summed E-state index contributed by atoms with van der Waals surface area (Å²) in [6.45, 7) is 2.28. The Morgan fingerprint density at radius 2 is 1.77 bits per heavy atom. The molecule has 6 heteroatoms. The molecule has 1 amide bonds. The van der Waals surface area contributed by atoms with Gasteiger partial charge in [0, 0.05) is 36.7 Å². The Balaban J connectivity index is 1.21. The van der Waals surface area contributed by atoms with Gasteiger partial charge in [0.05, 0.1) is 6.10 Å². The number of carbonyl (C=O) groups excluding carboxylic acids is 1. The van der Waals surface area contributed by atoms with Gasteiger partial charge in [-0.05, 0) is 60.9 Å². The van der Waals surface area contributed by atoms with Crippen molar-refractivity contribution >= 4 is 5.91 Å². The molecule has 6 nitrogen and oxygen atoms in total. The molecule has 0 radical (unpaired) electrons. The summed E-state index contributed by atoms with van der Waals surface area (Å²) in [5.74, 6) is 1.40. The summed E-state index contributed by atoms with van der Waals surface area (Å²) in [4.78, 5) is 16.5. The quantitative estimate of drug-likeness (QED) is 0.565. The Hall–Kier alpha value is -3.38. The summed E-state index contributed by atoms with van der Waals surface area (Å²) < 4.78 is 17.1. The smallest absolute Gasteiger partial charge is 0.251 e. The van der Waals surface area contributed by atoms with Crippen LogP contribution in [0.5, 0.6) is 11.5 Å². The van der Waals surface area contributed by atoms with Gasteiger partial charge in [0.25, 0.3) is 5.91 Å². The molecule has 0 bridgehead atoms. The predicted octanol–water partition coefficient (Wildman–Crippen LogP) is 4.15. The number of rotatable bonds is 9. The van der Waals surface area contributed by atoms with Crippen LogP contribution in [0.4, 0.5) is 0 Å². The monoisotopic (exact) mass is 418 g/mol. The predicted molar refractivity (Wildman–Crippen MR) is 117 cm³/mol. The van der Waals surface area contributed by atoms with E-state index in [-0.39, 0.29) is 12.0 Å². The van der Waals surface area contributed by atoms with E-state index in [1.807, 2.05) is 48.5 Å². The van der Waals surface area contributed by atoms with Gasteiger partial charge in [-0.15, -0.1) is 0 Å². The van der Waals surface area contributed by atoms with Gasteiger partial charge in [-0.1, -0.05) is 18.2 Å². The van der Waals surface area contributed by atoms with Crippen LogP contribution in [0.15, 0.2) is 73.1 Å². The number of hydrogen-bond acceptors (Lipinski definition) is 5. The van der Waals surface area contributed by atoms with Crippen LogP contribution in [0.1, 0.15) is 34.3 Å². The molecule has 1 aliphatic rings. The normalized spacial score (nSPS) is 15.4. The second kappa shape index (κ2) is 10.6. The first-order valence-electron chi connectivity index (χ1n) is 10.5. The molecule has 31 heavy (non-hydrogen) atoms. The zero-order valence-electron chi connectivity index (χ0n) is 17.3. The number of carbonyl (C=O) groups is 1. The fraction of sp³-hybridized carbons (Fsp3) is 0.280. The molecule has 1 aliphatic heterocycles. The first-order valence-corrected chi connectivity index (χ1v) is 10.5. The maximum Gasteiger partial charge on any atom is 0.251 e. The van der Waals surface area contributed by atoms with Crippen molar-refractivity contribution in [2.75, 3.05) is 13.2 Å². The van der Waals surface area contributed by atoms with Crippen molar-refractivity contribution in [2.24, 2.45) is 0 Å². The van der Waals surface area contributed by atoms with Gasteiger partial charge in [0.1, 0.15) is 24.7 Å². The van der Waals surface area contributed by atoms with E-state index in [1.165, 1.54) is 0 Å². The lowest BCUT2D eigenvalue weighted by atomic mass is 10.2. The third-order valence-electron chi connectivity index (χ3n) is 5.08. The lowest BCUT2D eigenvalue weighted by molar-refractivity contribution is 0.0679. The molecular formula is C25H26N2O4. The first kappa shape index (κ1) is 20.9. The summed E-state index contributed by atoms with van der Waals surface area (Å²) in [5, 5.41) is 2.94. The lowest BCUT2D eigenvalue weighted by Gasteiger charge is -2.12. The summed E-state index contributed by atoms with van der Waals surface area (Å²) in [7, 11) is 0. The van der Waals surface area contributed by atoms with E-state index >= 15 is 0 Å². The SMILES string of the molecule is O=C(NCc1ccc(OCc2cccnc2)cc1)c1ccc(OCC2CCCO2)cc1. The zero-order chi connectivity index (χ0) is 21.3. The number of pyridine rings is 1. The van der Waals surface area contributed by atoms with E-state index < -0.39 is 0 Å². The Morgan fingerprint density at radius 1 is 1.00 bits per heavy atom. The molecule has 1 fully saturated rings. The van der Waals surface area contributed by atoms with Crippen LogP contribution in [-0.4, -0.2) is 30.2 Å². The number of nitrogens with zero attached hydrogens (tertiary/aromatic N) is 1. The van der Waals surface area contributed by atoms with Crippen LogP contribution in [0.25, 0.3) is 0 Å². The highest BCUT2D eigenvalue weighted by Crippen LogP contribution is 2.17. The highest BCUT2D eigenvalue weighted by molar-refractivity contribution is 5.94. The zero-order valence-corrected chi connectivity index (χ0v) is 17.3. The van der Waals surface area contributed by atoms with Gasteiger partial charge in [-0.3, -0.25) is 9.78 Å². The first-order chi connectivity index (χ1) is 15.3. The highest BCUT2D eigenvalue weighted by Gasteiger charge is 2.16. The molecule has 4 rings (SSSR count). The molecule has 1 atom stereocenters. The molecule has 0 saturated carbocycles. The number of aromatic nitrogens is 1. The van der Waals surface area contributed by atoms with E-state index in [0.717, 1.165) is 42.1 Å². The van der Waals surface area contributed by atoms with Crippen molar-refractivity contribution in [3.63, 3.8) is 0 Å². The summed E-state index contributed by atoms with van der Waals surface area (Å²) >= 11 is 0. The molecule has 0 spiro atoms. The molecule has 2 aromatic carbocycles. The fourth-order valence-electron chi connectivity index (χ4n) is 3.31. The van der Waals surface area contributed by atoms with Crippen LogP contribution in [0.3, 0.4) is 0 Å². The number of amides is 1. The van der Waals surface area contributed by atoms with Crippen LogP contribution in [0.2, 0.25) is 0 Å². The van der Waals surface area contributed by atoms with Crippen molar-refractivity contribution in [3.8, 4) is 11.5 Å². The largest absolute Gasteiger partial charge is 0.491 e.